The summed E-state index contributed by atoms with van der Waals surface area (Å²) in [6.45, 7) is 4.56. The van der Waals surface area contributed by atoms with E-state index in [9.17, 15) is 5.11 Å². The summed E-state index contributed by atoms with van der Waals surface area (Å²) in [7, 11) is 0. The molecule has 1 aliphatic rings. The second-order valence-corrected chi connectivity index (χ2v) is 6.74. The van der Waals surface area contributed by atoms with Crippen molar-refractivity contribution in [2.75, 3.05) is 13.1 Å². The highest BCUT2D eigenvalue weighted by Gasteiger charge is 2.34. The first-order chi connectivity index (χ1) is 11.2. The lowest BCUT2D eigenvalue weighted by atomic mass is 9.81. The molecule has 2 aromatic rings. The van der Waals surface area contributed by atoms with Gasteiger partial charge in [0.05, 0.1) is 0 Å². The number of hydrogen-bond acceptors (Lipinski definition) is 2. The van der Waals surface area contributed by atoms with Gasteiger partial charge >= 0.3 is 0 Å². The van der Waals surface area contributed by atoms with Crippen LogP contribution in [0.15, 0.2) is 60.7 Å². The molecular weight excluding hydrogens is 282 g/mol. The van der Waals surface area contributed by atoms with E-state index in [1.165, 1.54) is 19.3 Å². The molecule has 122 valence electrons. The van der Waals surface area contributed by atoms with Crippen LogP contribution in [0.4, 0.5) is 0 Å². The Morgan fingerprint density at radius 2 is 1.35 bits per heavy atom. The minimum atomic E-state index is -0.931. The predicted molar refractivity (Wildman–Crippen MR) is 95.4 cm³/mol. The van der Waals surface area contributed by atoms with E-state index in [4.69, 9.17) is 0 Å². The van der Waals surface area contributed by atoms with Crippen molar-refractivity contribution in [3.63, 3.8) is 0 Å². The maximum absolute atomic E-state index is 11.6. The molecule has 1 aliphatic heterocycles. The van der Waals surface area contributed by atoms with E-state index in [2.05, 4.69) is 11.8 Å². The Kier molecular flexibility index (Phi) is 5.14. The normalized spacial score (nSPS) is 17.8. The van der Waals surface area contributed by atoms with E-state index < -0.39 is 5.60 Å². The van der Waals surface area contributed by atoms with Gasteiger partial charge in [-0.25, -0.2) is 0 Å². The summed E-state index contributed by atoms with van der Waals surface area (Å²) in [5.74, 6) is 0. The Hall–Kier alpha value is -1.64. The Labute approximate surface area is 139 Å². The van der Waals surface area contributed by atoms with Gasteiger partial charge in [0.1, 0.15) is 5.60 Å². The van der Waals surface area contributed by atoms with Crippen LogP contribution in [-0.4, -0.2) is 29.1 Å². The van der Waals surface area contributed by atoms with Gasteiger partial charge in [0.25, 0.3) is 0 Å². The molecule has 0 amide bonds. The van der Waals surface area contributed by atoms with Crippen molar-refractivity contribution >= 4 is 0 Å². The van der Waals surface area contributed by atoms with Crippen molar-refractivity contribution in [2.45, 2.75) is 44.2 Å². The first-order valence-electron chi connectivity index (χ1n) is 8.77. The molecule has 2 aromatic carbocycles. The molecule has 0 aromatic heterocycles. The summed E-state index contributed by atoms with van der Waals surface area (Å²) < 4.78 is 0. The molecule has 2 nitrogen and oxygen atoms in total. The van der Waals surface area contributed by atoms with Crippen LogP contribution in [0, 0.1) is 0 Å². The zero-order valence-corrected chi connectivity index (χ0v) is 14.0. The lowest BCUT2D eigenvalue weighted by Crippen LogP contribution is -2.42. The second-order valence-electron chi connectivity index (χ2n) is 6.74. The average Bonchev–Trinajstić information content (AvgIpc) is 2.64. The van der Waals surface area contributed by atoms with Crippen molar-refractivity contribution in [1.82, 2.24) is 4.90 Å². The topological polar surface area (TPSA) is 23.5 Å². The molecule has 0 bridgehead atoms. The molecule has 1 fully saturated rings. The molecule has 0 saturated carbocycles. The Bertz CT molecular complexity index is 550. The Morgan fingerprint density at radius 3 is 1.83 bits per heavy atom. The van der Waals surface area contributed by atoms with Gasteiger partial charge in [-0.15, -0.1) is 0 Å². The number of rotatable bonds is 5. The molecule has 1 heterocycles. The summed E-state index contributed by atoms with van der Waals surface area (Å²) in [5, 5.41) is 11.6. The molecular formula is C21H27NO. The van der Waals surface area contributed by atoms with Gasteiger partial charge in [-0.1, -0.05) is 67.1 Å². The van der Waals surface area contributed by atoms with Crippen molar-refractivity contribution in [1.29, 1.82) is 0 Å². The number of aliphatic hydroxyl groups is 1. The summed E-state index contributed by atoms with van der Waals surface area (Å²) in [6.07, 6.45) is 4.62. The van der Waals surface area contributed by atoms with Gasteiger partial charge in [0.15, 0.2) is 0 Å². The summed E-state index contributed by atoms with van der Waals surface area (Å²) in [6, 6.07) is 20.6. The SMILES string of the molecule is CC(CC(O)(c1ccccc1)c1ccccc1)N1CCCCC1. The third-order valence-corrected chi connectivity index (χ3v) is 5.11. The van der Waals surface area contributed by atoms with Gasteiger partial charge in [-0.3, -0.25) is 0 Å². The highest BCUT2D eigenvalue weighted by atomic mass is 16.3. The van der Waals surface area contributed by atoms with E-state index in [-0.39, 0.29) is 0 Å². The second kappa shape index (κ2) is 7.29. The molecule has 0 radical (unpaired) electrons. The van der Waals surface area contributed by atoms with Crippen LogP contribution in [0.2, 0.25) is 0 Å². The molecule has 2 heteroatoms. The maximum Gasteiger partial charge on any atom is 0.116 e. The van der Waals surface area contributed by atoms with E-state index in [1.54, 1.807) is 0 Å². The van der Waals surface area contributed by atoms with E-state index in [1.807, 2.05) is 60.7 Å². The summed E-state index contributed by atoms with van der Waals surface area (Å²) >= 11 is 0. The van der Waals surface area contributed by atoms with Crippen molar-refractivity contribution in [3.05, 3.63) is 71.8 Å². The standard InChI is InChI=1S/C21H27NO/c1-18(22-15-9-4-10-16-22)17-21(23,19-11-5-2-6-12-19)20-13-7-3-8-14-20/h2-3,5-8,11-14,18,23H,4,9-10,15-17H2,1H3. The highest BCUT2D eigenvalue weighted by Crippen LogP contribution is 2.35. The number of nitrogens with zero attached hydrogens (tertiary/aromatic N) is 1. The largest absolute Gasteiger partial charge is 0.380 e. The van der Waals surface area contributed by atoms with Gasteiger partial charge in [-0.05, 0) is 50.4 Å². The molecule has 0 aliphatic carbocycles. The molecule has 1 N–H and O–H groups in total. The van der Waals surface area contributed by atoms with Crippen LogP contribution < -0.4 is 0 Å². The molecule has 0 spiro atoms. The highest BCUT2D eigenvalue weighted by molar-refractivity contribution is 5.36. The zero-order valence-electron chi connectivity index (χ0n) is 14.0. The molecule has 3 rings (SSSR count). The van der Waals surface area contributed by atoms with Crippen LogP contribution in [-0.2, 0) is 5.60 Å². The zero-order chi connectivity index (χ0) is 16.1. The molecule has 1 unspecified atom stereocenters. The number of piperidine rings is 1. The van der Waals surface area contributed by atoms with Gasteiger partial charge in [0.2, 0.25) is 0 Å². The molecule has 23 heavy (non-hydrogen) atoms. The molecule has 1 saturated heterocycles. The maximum atomic E-state index is 11.6. The third kappa shape index (κ3) is 3.65. The third-order valence-electron chi connectivity index (χ3n) is 5.11. The smallest absolute Gasteiger partial charge is 0.116 e. The minimum Gasteiger partial charge on any atom is -0.380 e. The Balaban J connectivity index is 1.89. The van der Waals surface area contributed by atoms with Gasteiger partial charge in [0, 0.05) is 6.04 Å². The fourth-order valence-electron chi connectivity index (χ4n) is 3.75. The fraction of sp³-hybridized carbons (Fsp3) is 0.429. The number of likely N-dealkylation sites (tertiary alicyclic amines) is 1. The average molecular weight is 309 g/mol. The first-order valence-corrected chi connectivity index (χ1v) is 8.77. The van der Waals surface area contributed by atoms with Crippen molar-refractivity contribution in [2.24, 2.45) is 0 Å². The fourth-order valence-corrected chi connectivity index (χ4v) is 3.75. The van der Waals surface area contributed by atoms with Crippen LogP contribution >= 0.6 is 0 Å². The number of hydrogen-bond donors (Lipinski definition) is 1. The van der Waals surface area contributed by atoms with Crippen LogP contribution in [0.5, 0.6) is 0 Å². The van der Waals surface area contributed by atoms with E-state index in [0.29, 0.717) is 6.04 Å². The quantitative estimate of drug-likeness (QED) is 0.895. The van der Waals surface area contributed by atoms with Crippen LogP contribution in [0.3, 0.4) is 0 Å². The lowest BCUT2D eigenvalue weighted by molar-refractivity contribution is 0.0322. The van der Waals surface area contributed by atoms with Gasteiger partial charge < -0.3 is 10.0 Å². The monoisotopic (exact) mass is 309 g/mol. The van der Waals surface area contributed by atoms with Crippen molar-refractivity contribution < 1.29 is 5.11 Å². The van der Waals surface area contributed by atoms with Crippen molar-refractivity contribution in [3.8, 4) is 0 Å². The Morgan fingerprint density at radius 1 is 0.870 bits per heavy atom. The van der Waals surface area contributed by atoms with E-state index in [0.717, 1.165) is 30.6 Å². The lowest BCUT2D eigenvalue weighted by Gasteiger charge is -2.38. The van der Waals surface area contributed by atoms with Crippen LogP contribution in [0.1, 0.15) is 43.7 Å². The van der Waals surface area contributed by atoms with Gasteiger partial charge in [-0.2, -0.15) is 0 Å². The summed E-state index contributed by atoms with van der Waals surface area (Å²) in [4.78, 5) is 2.53. The number of benzene rings is 2. The minimum absolute atomic E-state index is 0.362. The summed E-state index contributed by atoms with van der Waals surface area (Å²) in [5.41, 5.74) is 1.03. The van der Waals surface area contributed by atoms with E-state index >= 15 is 0 Å². The molecule has 1 atom stereocenters. The predicted octanol–water partition coefficient (Wildman–Crippen LogP) is 4.19. The van der Waals surface area contributed by atoms with Crippen LogP contribution in [0.25, 0.3) is 0 Å². The first kappa shape index (κ1) is 16.2.